The van der Waals surface area contributed by atoms with Crippen LogP contribution in [-0.2, 0) is 4.74 Å². The van der Waals surface area contributed by atoms with Gasteiger partial charge in [-0.15, -0.1) is 0 Å². The molecule has 1 aromatic heterocycles. The van der Waals surface area contributed by atoms with E-state index in [4.69, 9.17) is 16.3 Å². The zero-order valence-corrected chi connectivity index (χ0v) is 12.1. The highest BCUT2D eigenvalue weighted by molar-refractivity contribution is 7.00. The van der Waals surface area contributed by atoms with Crippen molar-refractivity contribution < 1.29 is 4.74 Å². The van der Waals surface area contributed by atoms with Crippen LogP contribution in [0.3, 0.4) is 0 Å². The van der Waals surface area contributed by atoms with Crippen molar-refractivity contribution in [3.8, 4) is 0 Å². The van der Waals surface area contributed by atoms with Crippen LogP contribution in [0.4, 0.5) is 5.69 Å². The Morgan fingerprint density at radius 1 is 1.42 bits per heavy atom. The van der Waals surface area contributed by atoms with E-state index in [1.807, 2.05) is 12.1 Å². The number of hydrogen-bond donors (Lipinski definition) is 1. The van der Waals surface area contributed by atoms with E-state index in [1.165, 1.54) is 24.6 Å². The number of hydrogen-bond acceptors (Lipinski definition) is 5. The first-order chi connectivity index (χ1) is 9.34. The first kappa shape index (κ1) is 13.1. The molecule has 0 aliphatic carbocycles. The molecular formula is C13H16ClN3OS. The lowest BCUT2D eigenvalue weighted by Gasteiger charge is -2.11. The van der Waals surface area contributed by atoms with Crippen molar-refractivity contribution in [2.45, 2.75) is 31.8 Å². The number of ether oxygens (including phenoxy) is 1. The molecule has 1 N–H and O–H groups in total. The molecule has 1 aromatic carbocycles. The van der Waals surface area contributed by atoms with Crippen LogP contribution in [0.5, 0.6) is 0 Å². The smallest absolute Gasteiger partial charge is 0.129 e. The number of rotatable bonds is 5. The summed E-state index contributed by atoms with van der Waals surface area (Å²) >= 11 is 7.43. The van der Waals surface area contributed by atoms with Crippen molar-refractivity contribution in [2.24, 2.45) is 0 Å². The van der Waals surface area contributed by atoms with Crippen molar-refractivity contribution in [1.29, 1.82) is 0 Å². The third kappa shape index (κ3) is 2.99. The highest BCUT2D eigenvalue weighted by Gasteiger charge is 2.15. The molecule has 2 aromatic rings. The van der Waals surface area contributed by atoms with Crippen molar-refractivity contribution in [3.63, 3.8) is 0 Å². The van der Waals surface area contributed by atoms with Crippen molar-refractivity contribution >= 4 is 40.0 Å². The summed E-state index contributed by atoms with van der Waals surface area (Å²) in [6.45, 7) is 1.81. The van der Waals surface area contributed by atoms with E-state index in [9.17, 15) is 0 Å². The second-order valence-corrected chi connectivity index (χ2v) is 5.69. The van der Waals surface area contributed by atoms with Gasteiger partial charge in [0, 0.05) is 13.2 Å². The van der Waals surface area contributed by atoms with E-state index < -0.39 is 0 Å². The van der Waals surface area contributed by atoms with Gasteiger partial charge in [-0.1, -0.05) is 11.6 Å². The Kier molecular flexibility index (Phi) is 4.15. The Bertz CT molecular complexity index is 554. The van der Waals surface area contributed by atoms with E-state index in [0.29, 0.717) is 11.1 Å². The van der Waals surface area contributed by atoms with Crippen LogP contribution >= 0.6 is 23.3 Å². The van der Waals surface area contributed by atoms with Crippen molar-refractivity contribution in [1.82, 2.24) is 8.75 Å². The summed E-state index contributed by atoms with van der Waals surface area (Å²) in [4.78, 5) is 0. The first-order valence-electron chi connectivity index (χ1n) is 6.61. The van der Waals surface area contributed by atoms with Gasteiger partial charge in [0.2, 0.25) is 0 Å². The maximum absolute atomic E-state index is 6.22. The van der Waals surface area contributed by atoms with Gasteiger partial charge in [-0.25, -0.2) is 0 Å². The minimum absolute atomic E-state index is 0.453. The molecule has 0 radical (unpaired) electrons. The fraction of sp³-hybridized carbons (Fsp3) is 0.538. The van der Waals surface area contributed by atoms with Gasteiger partial charge in [-0.3, -0.25) is 0 Å². The maximum Gasteiger partial charge on any atom is 0.129 e. The first-order valence-corrected chi connectivity index (χ1v) is 7.71. The lowest BCUT2D eigenvalue weighted by molar-refractivity contribution is 0.103. The molecule has 1 fully saturated rings. The predicted octanol–water partition coefficient (Wildman–Crippen LogP) is 3.72. The largest absolute Gasteiger partial charge is 0.382 e. The second-order valence-electron chi connectivity index (χ2n) is 4.76. The normalized spacial score (nSPS) is 19.1. The third-order valence-electron chi connectivity index (χ3n) is 3.41. The number of anilines is 1. The van der Waals surface area contributed by atoms with E-state index in [-0.39, 0.29) is 0 Å². The summed E-state index contributed by atoms with van der Waals surface area (Å²) in [6, 6.07) is 3.77. The standard InChI is InChI=1S/C13H16ClN3OS/c14-10-5-6-11-13(17-19-16-11)12(10)15-7-1-3-9-4-2-8-18-9/h5-6,9,15H,1-4,7-8H2. The summed E-state index contributed by atoms with van der Waals surface area (Å²) in [7, 11) is 0. The molecule has 1 unspecified atom stereocenters. The van der Waals surface area contributed by atoms with Crippen molar-refractivity contribution in [2.75, 3.05) is 18.5 Å². The molecular weight excluding hydrogens is 282 g/mol. The minimum atomic E-state index is 0.453. The van der Waals surface area contributed by atoms with Crippen LogP contribution in [0.1, 0.15) is 25.7 Å². The zero-order valence-electron chi connectivity index (χ0n) is 10.6. The number of fused-ring (bicyclic) bond motifs is 1. The van der Waals surface area contributed by atoms with Crippen LogP contribution in [0.25, 0.3) is 11.0 Å². The Morgan fingerprint density at radius 3 is 3.21 bits per heavy atom. The van der Waals surface area contributed by atoms with Crippen molar-refractivity contribution in [3.05, 3.63) is 17.2 Å². The average Bonchev–Trinajstić information content (AvgIpc) is 3.07. The van der Waals surface area contributed by atoms with Crippen LogP contribution in [-0.4, -0.2) is 28.0 Å². The quantitative estimate of drug-likeness (QED) is 0.855. The molecule has 0 bridgehead atoms. The summed E-state index contributed by atoms with van der Waals surface area (Å²) < 4.78 is 14.1. The van der Waals surface area contributed by atoms with Gasteiger partial charge in [0.1, 0.15) is 11.0 Å². The summed E-state index contributed by atoms with van der Waals surface area (Å²) in [5.41, 5.74) is 2.67. The molecule has 4 nitrogen and oxygen atoms in total. The summed E-state index contributed by atoms with van der Waals surface area (Å²) in [6.07, 6.45) is 5.04. The zero-order chi connectivity index (χ0) is 13.1. The number of nitrogens with one attached hydrogen (secondary N) is 1. The van der Waals surface area contributed by atoms with E-state index in [0.717, 1.165) is 42.7 Å². The summed E-state index contributed by atoms with van der Waals surface area (Å²) in [5, 5.41) is 4.09. The molecule has 1 saturated heterocycles. The minimum Gasteiger partial charge on any atom is -0.382 e. The van der Waals surface area contributed by atoms with Gasteiger partial charge in [0.05, 0.1) is 28.5 Å². The highest BCUT2D eigenvalue weighted by atomic mass is 35.5. The molecule has 1 atom stereocenters. The Balaban J connectivity index is 1.58. The van der Waals surface area contributed by atoms with E-state index in [2.05, 4.69) is 14.1 Å². The van der Waals surface area contributed by atoms with Crippen LogP contribution in [0.2, 0.25) is 5.02 Å². The van der Waals surface area contributed by atoms with E-state index >= 15 is 0 Å². The van der Waals surface area contributed by atoms with Crippen LogP contribution in [0, 0.1) is 0 Å². The molecule has 0 spiro atoms. The molecule has 0 saturated carbocycles. The fourth-order valence-electron chi connectivity index (χ4n) is 2.41. The molecule has 1 aliphatic rings. The van der Waals surface area contributed by atoms with Gasteiger partial charge >= 0.3 is 0 Å². The monoisotopic (exact) mass is 297 g/mol. The molecule has 0 amide bonds. The topological polar surface area (TPSA) is 47.0 Å². The SMILES string of the molecule is Clc1ccc2nsnc2c1NCCCC1CCCO1. The molecule has 102 valence electrons. The Morgan fingerprint density at radius 2 is 2.37 bits per heavy atom. The predicted molar refractivity (Wildman–Crippen MR) is 79.1 cm³/mol. The average molecular weight is 298 g/mol. The number of halogens is 1. The van der Waals surface area contributed by atoms with Gasteiger partial charge in [-0.05, 0) is 37.8 Å². The molecule has 3 rings (SSSR count). The number of benzene rings is 1. The second kappa shape index (κ2) is 6.03. The molecule has 2 heterocycles. The maximum atomic E-state index is 6.22. The van der Waals surface area contributed by atoms with Crippen LogP contribution < -0.4 is 5.32 Å². The van der Waals surface area contributed by atoms with E-state index in [1.54, 1.807) is 0 Å². The van der Waals surface area contributed by atoms with Gasteiger partial charge in [0.25, 0.3) is 0 Å². The number of nitrogens with zero attached hydrogens (tertiary/aromatic N) is 2. The van der Waals surface area contributed by atoms with Gasteiger partial charge in [0.15, 0.2) is 0 Å². The Hall–Kier alpha value is -0.910. The fourth-order valence-corrected chi connectivity index (χ4v) is 3.17. The Labute approximate surface area is 121 Å². The van der Waals surface area contributed by atoms with Gasteiger partial charge in [-0.2, -0.15) is 8.75 Å². The third-order valence-corrected chi connectivity index (χ3v) is 4.26. The lowest BCUT2D eigenvalue weighted by atomic mass is 10.1. The van der Waals surface area contributed by atoms with Gasteiger partial charge < -0.3 is 10.1 Å². The molecule has 6 heteroatoms. The van der Waals surface area contributed by atoms with Crippen LogP contribution in [0.15, 0.2) is 12.1 Å². The summed E-state index contributed by atoms with van der Waals surface area (Å²) in [5.74, 6) is 0. The molecule has 19 heavy (non-hydrogen) atoms. The number of aromatic nitrogens is 2. The molecule has 1 aliphatic heterocycles. The lowest BCUT2D eigenvalue weighted by Crippen LogP contribution is -2.09. The highest BCUT2D eigenvalue weighted by Crippen LogP contribution is 2.30.